The van der Waals surface area contributed by atoms with Crippen LogP contribution >= 0.6 is 15.9 Å². The standard InChI is InChI=1S/C17H23BrFN3O2/c1-9(2)22-13-8-11(18)7-12(19)14(13)21-15(22)10(3)20-16(23)24-17(4,5)6/h7-10H,1-6H3,(H,20,23). The van der Waals surface area contributed by atoms with E-state index in [1.54, 1.807) is 27.7 Å². The summed E-state index contributed by atoms with van der Waals surface area (Å²) < 4.78 is 22.1. The highest BCUT2D eigenvalue weighted by Crippen LogP contribution is 2.29. The monoisotopic (exact) mass is 399 g/mol. The number of carbonyl (C=O) groups is 1. The molecule has 0 aliphatic rings. The largest absolute Gasteiger partial charge is 0.444 e. The van der Waals surface area contributed by atoms with Crippen LogP contribution in [0.25, 0.3) is 11.0 Å². The van der Waals surface area contributed by atoms with Gasteiger partial charge in [-0.3, -0.25) is 0 Å². The molecule has 1 aromatic heterocycles. The van der Waals surface area contributed by atoms with E-state index in [9.17, 15) is 9.18 Å². The number of amides is 1. The van der Waals surface area contributed by atoms with Gasteiger partial charge in [-0.15, -0.1) is 0 Å². The Kier molecular flexibility index (Phi) is 5.22. The fourth-order valence-corrected chi connectivity index (χ4v) is 2.95. The van der Waals surface area contributed by atoms with E-state index in [-0.39, 0.29) is 6.04 Å². The summed E-state index contributed by atoms with van der Waals surface area (Å²) in [6.07, 6.45) is -0.529. The number of fused-ring (bicyclic) bond motifs is 1. The number of hydrogen-bond donors (Lipinski definition) is 1. The van der Waals surface area contributed by atoms with Gasteiger partial charge in [0.15, 0.2) is 5.82 Å². The maximum absolute atomic E-state index is 14.2. The van der Waals surface area contributed by atoms with E-state index in [0.29, 0.717) is 21.3 Å². The number of hydrogen-bond acceptors (Lipinski definition) is 3. The smallest absolute Gasteiger partial charge is 0.408 e. The van der Waals surface area contributed by atoms with Crippen LogP contribution in [0.15, 0.2) is 16.6 Å². The first-order valence-corrected chi connectivity index (χ1v) is 8.65. The molecule has 5 nitrogen and oxygen atoms in total. The summed E-state index contributed by atoms with van der Waals surface area (Å²) in [4.78, 5) is 16.4. The van der Waals surface area contributed by atoms with Crippen LogP contribution in [0.5, 0.6) is 0 Å². The maximum Gasteiger partial charge on any atom is 0.408 e. The average molecular weight is 400 g/mol. The van der Waals surface area contributed by atoms with Crippen molar-refractivity contribution in [1.82, 2.24) is 14.9 Å². The molecule has 0 saturated carbocycles. The van der Waals surface area contributed by atoms with Gasteiger partial charge in [0, 0.05) is 10.5 Å². The van der Waals surface area contributed by atoms with Gasteiger partial charge in [0.05, 0.1) is 11.6 Å². The van der Waals surface area contributed by atoms with E-state index < -0.39 is 23.6 Å². The minimum Gasteiger partial charge on any atom is -0.444 e. The van der Waals surface area contributed by atoms with Gasteiger partial charge in [-0.05, 0) is 53.7 Å². The molecule has 132 valence electrons. The summed E-state index contributed by atoms with van der Waals surface area (Å²) in [7, 11) is 0. The van der Waals surface area contributed by atoms with Gasteiger partial charge in [-0.25, -0.2) is 14.2 Å². The molecule has 24 heavy (non-hydrogen) atoms. The molecular formula is C17H23BrFN3O2. The molecule has 1 N–H and O–H groups in total. The van der Waals surface area contributed by atoms with Gasteiger partial charge in [-0.2, -0.15) is 0 Å². The quantitative estimate of drug-likeness (QED) is 0.780. The van der Waals surface area contributed by atoms with E-state index in [1.807, 2.05) is 24.5 Å². The van der Waals surface area contributed by atoms with Gasteiger partial charge in [0.1, 0.15) is 16.9 Å². The molecule has 1 atom stereocenters. The zero-order valence-electron chi connectivity index (χ0n) is 14.8. The molecule has 1 aromatic carbocycles. The van der Waals surface area contributed by atoms with E-state index >= 15 is 0 Å². The molecule has 0 radical (unpaired) electrons. The Bertz CT molecular complexity index is 765. The predicted molar refractivity (Wildman–Crippen MR) is 95.6 cm³/mol. The van der Waals surface area contributed by atoms with E-state index in [1.165, 1.54) is 6.07 Å². The lowest BCUT2D eigenvalue weighted by Gasteiger charge is -2.23. The highest BCUT2D eigenvalue weighted by atomic mass is 79.9. The molecule has 2 aromatic rings. The Balaban J connectivity index is 2.42. The van der Waals surface area contributed by atoms with Crippen molar-refractivity contribution in [3.05, 3.63) is 28.2 Å². The maximum atomic E-state index is 14.2. The van der Waals surface area contributed by atoms with Gasteiger partial charge in [0.2, 0.25) is 0 Å². The Morgan fingerprint density at radius 2 is 1.96 bits per heavy atom. The number of aromatic nitrogens is 2. The predicted octanol–water partition coefficient (Wildman–Crippen LogP) is 5.10. The molecule has 1 heterocycles. The van der Waals surface area contributed by atoms with Crippen molar-refractivity contribution in [3.63, 3.8) is 0 Å². The molecule has 0 bridgehead atoms. The number of alkyl carbamates (subject to hydrolysis) is 1. The summed E-state index contributed by atoms with van der Waals surface area (Å²) in [6, 6.07) is 2.85. The first-order chi connectivity index (χ1) is 11.0. The van der Waals surface area contributed by atoms with Crippen LogP contribution in [0.3, 0.4) is 0 Å². The number of halogens is 2. The summed E-state index contributed by atoms with van der Waals surface area (Å²) in [5.41, 5.74) is 0.392. The zero-order chi connectivity index (χ0) is 18.2. The van der Waals surface area contributed by atoms with E-state index in [4.69, 9.17) is 4.74 Å². The van der Waals surface area contributed by atoms with Crippen molar-refractivity contribution >= 4 is 33.1 Å². The van der Waals surface area contributed by atoms with Gasteiger partial charge in [-0.1, -0.05) is 15.9 Å². The lowest BCUT2D eigenvalue weighted by Crippen LogP contribution is -2.35. The van der Waals surface area contributed by atoms with Crippen molar-refractivity contribution in [2.24, 2.45) is 0 Å². The SMILES string of the molecule is CC(NC(=O)OC(C)(C)C)c1nc2c(F)cc(Br)cc2n1C(C)C. The summed E-state index contributed by atoms with van der Waals surface area (Å²) in [6.45, 7) is 11.2. The molecule has 1 amide bonds. The zero-order valence-corrected chi connectivity index (χ0v) is 16.4. The number of imidazole rings is 1. The second-order valence-electron chi connectivity index (χ2n) is 7.06. The third-order valence-electron chi connectivity index (χ3n) is 3.38. The summed E-state index contributed by atoms with van der Waals surface area (Å²) in [5, 5.41) is 2.76. The number of benzene rings is 1. The van der Waals surface area contributed by atoms with Gasteiger partial charge >= 0.3 is 6.09 Å². The Labute approximate surface area is 149 Å². The second kappa shape index (κ2) is 6.70. The molecule has 2 rings (SSSR count). The second-order valence-corrected chi connectivity index (χ2v) is 7.97. The van der Waals surface area contributed by atoms with Gasteiger partial charge in [0.25, 0.3) is 0 Å². The van der Waals surface area contributed by atoms with Crippen LogP contribution in [-0.4, -0.2) is 21.2 Å². The van der Waals surface area contributed by atoms with Crippen LogP contribution < -0.4 is 5.32 Å². The summed E-state index contributed by atoms with van der Waals surface area (Å²) >= 11 is 3.32. The minimum atomic E-state index is -0.584. The van der Waals surface area contributed by atoms with Crippen LogP contribution in [0.4, 0.5) is 9.18 Å². The van der Waals surface area contributed by atoms with Crippen molar-refractivity contribution in [1.29, 1.82) is 0 Å². The number of carbonyl (C=O) groups excluding carboxylic acids is 1. The van der Waals surface area contributed by atoms with E-state index in [2.05, 4.69) is 26.2 Å². The lowest BCUT2D eigenvalue weighted by atomic mass is 10.2. The molecule has 0 aliphatic carbocycles. The van der Waals surface area contributed by atoms with Crippen molar-refractivity contribution < 1.29 is 13.9 Å². The molecule has 0 spiro atoms. The van der Waals surface area contributed by atoms with Crippen LogP contribution in [0.2, 0.25) is 0 Å². The normalized spacial score (nSPS) is 13.4. The third-order valence-corrected chi connectivity index (χ3v) is 3.84. The Morgan fingerprint density at radius 1 is 1.33 bits per heavy atom. The molecule has 0 fully saturated rings. The molecule has 7 heteroatoms. The minimum absolute atomic E-state index is 0.0570. The number of nitrogens with zero attached hydrogens (tertiary/aromatic N) is 2. The number of rotatable bonds is 3. The van der Waals surface area contributed by atoms with Crippen LogP contribution in [0, 0.1) is 5.82 Å². The van der Waals surface area contributed by atoms with Crippen molar-refractivity contribution in [3.8, 4) is 0 Å². The Hall–Kier alpha value is -1.63. The van der Waals surface area contributed by atoms with E-state index in [0.717, 1.165) is 0 Å². The van der Waals surface area contributed by atoms with Crippen molar-refractivity contribution in [2.45, 2.75) is 59.2 Å². The lowest BCUT2D eigenvalue weighted by molar-refractivity contribution is 0.0505. The highest BCUT2D eigenvalue weighted by Gasteiger charge is 2.24. The van der Waals surface area contributed by atoms with Crippen molar-refractivity contribution in [2.75, 3.05) is 0 Å². The van der Waals surface area contributed by atoms with Crippen LogP contribution in [-0.2, 0) is 4.74 Å². The highest BCUT2D eigenvalue weighted by molar-refractivity contribution is 9.10. The van der Waals surface area contributed by atoms with Crippen LogP contribution in [0.1, 0.15) is 59.5 Å². The first kappa shape index (κ1) is 18.7. The molecule has 0 aliphatic heterocycles. The molecule has 1 unspecified atom stereocenters. The fraction of sp³-hybridized carbons (Fsp3) is 0.529. The fourth-order valence-electron chi connectivity index (χ4n) is 2.54. The number of nitrogens with one attached hydrogen (secondary N) is 1. The van der Waals surface area contributed by atoms with Gasteiger partial charge < -0.3 is 14.6 Å². The summed E-state index contributed by atoms with van der Waals surface area (Å²) in [5.74, 6) is 0.187. The molecular weight excluding hydrogens is 377 g/mol. The number of ether oxygens (including phenoxy) is 1. The Morgan fingerprint density at radius 3 is 2.50 bits per heavy atom. The topological polar surface area (TPSA) is 56.1 Å². The molecule has 0 saturated heterocycles. The average Bonchev–Trinajstić information content (AvgIpc) is 2.75. The first-order valence-electron chi connectivity index (χ1n) is 7.86. The third kappa shape index (κ3) is 4.06.